The smallest absolute Gasteiger partial charge is 0.303 e. The van der Waals surface area contributed by atoms with Crippen molar-refractivity contribution in [2.75, 3.05) is 6.54 Å². The normalized spacial score (nSPS) is 10.1. The number of carbonyl (C=O) groups is 2. The Labute approximate surface area is 97.4 Å². The van der Waals surface area contributed by atoms with Gasteiger partial charge in [-0.1, -0.05) is 26.2 Å². The van der Waals surface area contributed by atoms with E-state index >= 15 is 0 Å². The molecule has 16 heavy (non-hydrogen) atoms. The molecule has 0 aromatic rings. The zero-order valence-electron chi connectivity index (χ0n) is 10.1. The monoisotopic (exact) mass is 229 g/mol. The Kier molecular flexibility index (Phi) is 9.76. The van der Waals surface area contributed by atoms with Gasteiger partial charge in [0.2, 0.25) is 5.91 Å². The van der Waals surface area contributed by atoms with Gasteiger partial charge in [-0.2, -0.15) is 0 Å². The topological polar surface area (TPSA) is 66.4 Å². The van der Waals surface area contributed by atoms with Crippen LogP contribution in [0.2, 0.25) is 0 Å². The Morgan fingerprint density at radius 1 is 1.00 bits per heavy atom. The third kappa shape index (κ3) is 11.0. The van der Waals surface area contributed by atoms with Crippen LogP contribution in [0.1, 0.15) is 58.3 Å². The quantitative estimate of drug-likeness (QED) is 0.565. The van der Waals surface area contributed by atoms with Crippen LogP contribution in [0.5, 0.6) is 0 Å². The van der Waals surface area contributed by atoms with Gasteiger partial charge in [0.05, 0.1) is 0 Å². The number of amides is 1. The summed E-state index contributed by atoms with van der Waals surface area (Å²) < 4.78 is 0. The van der Waals surface area contributed by atoms with Crippen molar-refractivity contribution < 1.29 is 14.7 Å². The van der Waals surface area contributed by atoms with E-state index in [0.717, 1.165) is 45.1 Å². The number of rotatable bonds is 10. The van der Waals surface area contributed by atoms with Gasteiger partial charge in [0, 0.05) is 19.4 Å². The van der Waals surface area contributed by atoms with Gasteiger partial charge in [-0.3, -0.25) is 9.59 Å². The molecule has 0 aromatic heterocycles. The maximum Gasteiger partial charge on any atom is 0.303 e. The van der Waals surface area contributed by atoms with Crippen molar-refractivity contribution in [1.82, 2.24) is 5.32 Å². The van der Waals surface area contributed by atoms with E-state index in [1.54, 1.807) is 0 Å². The number of aliphatic carboxylic acids is 1. The second-order valence-electron chi connectivity index (χ2n) is 4.01. The first kappa shape index (κ1) is 14.9. The van der Waals surface area contributed by atoms with E-state index in [9.17, 15) is 9.59 Å². The number of hydrogen-bond donors (Lipinski definition) is 2. The maximum atomic E-state index is 11.1. The molecular weight excluding hydrogens is 206 g/mol. The molecule has 2 N–H and O–H groups in total. The molecule has 0 spiro atoms. The fourth-order valence-electron chi connectivity index (χ4n) is 1.47. The lowest BCUT2D eigenvalue weighted by Crippen LogP contribution is -2.23. The minimum Gasteiger partial charge on any atom is -0.481 e. The number of hydrogen-bond acceptors (Lipinski definition) is 2. The molecule has 0 heterocycles. The molecule has 0 aliphatic rings. The molecule has 94 valence electrons. The van der Waals surface area contributed by atoms with Crippen LogP contribution in [0.3, 0.4) is 0 Å². The summed E-state index contributed by atoms with van der Waals surface area (Å²) in [5.41, 5.74) is 0. The van der Waals surface area contributed by atoms with Gasteiger partial charge in [0.1, 0.15) is 0 Å². The predicted octanol–water partition coefficient (Wildman–Crippen LogP) is 2.33. The molecule has 4 nitrogen and oxygen atoms in total. The maximum absolute atomic E-state index is 11.1. The number of carboxylic acid groups (broad SMARTS) is 1. The summed E-state index contributed by atoms with van der Waals surface area (Å²) in [4.78, 5) is 21.3. The number of carbonyl (C=O) groups excluding carboxylic acids is 1. The van der Waals surface area contributed by atoms with Crippen molar-refractivity contribution >= 4 is 11.9 Å². The Morgan fingerprint density at radius 3 is 2.25 bits per heavy atom. The molecule has 0 aliphatic carbocycles. The molecule has 0 atom stereocenters. The zero-order chi connectivity index (χ0) is 12.2. The fourth-order valence-corrected chi connectivity index (χ4v) is 1.47. The lowest BCUT2D eigenvalue weighted by molar-refractivity contribution is -0.137. The number of unbranched alkanes of at least 4 members (excludes halogenated alkanes) is 4. The Hall–Kier alpha value is -1.06. The molecule has 4 heteroatoms. The molecule has 0 aliphatic heterocycles. The van der Waals surface area contributed by atoms with Crippen LogP contribution >= 0.6 is 0 Å². The van der Waals surface area contributed by atoms with E-state index in [-0.39, 0.29) is 12.3 Å². The van der Waals surface area contributed by atoms with Crippen LogP contribution in [-0.2, 0) is 9.59 Å². The highest BCUT2D eigenvalue weighted by molar-refractivity contribution is 5.75. The summed E-state index contributed by atoms with van der Waals surface area (Å²) >= 11 is 0. The van der Waals surface area contributed by atoms with Crippen molar-refractivity contribution in [3.8, 4) is 0 Å². The summed E-state index contributed by atoms with van der Waals surface area (Å²) in [6, 6.07) is 0. The summed E-state index contributed by atoms with van der Waals surface area (Å²) in [5.74, 6) is -0.583. The third-order valence-electron chi connectivity index (χ3n) is 2.37. The molecule has 0 saturated heterocycles. The minimum absolute atomic E-state index is 0.133. The molecule has 0 aromatic carbocycles. The van der Waals surface area contributed by atoms with Crippen LogP contribution in [-0.4, -0.2) is 23.5 Å². The Morgan fingerprint density at radius 2 is 1.62 bits per heavy atom. The molecule has 0 rings (SSSR count). The van der Waals surface area contributed by atoms with Gasteiger partial charge in [-0.15, -0.1) is 0 Å². The van der Waals surface area contributed by atoms with Gasteiger partial charge in [-0.05, 0) is 19.3 Å². The molecular formula is C12H23NO3. The summed E-state index contributed by atoms with van der Waals surface area (Å²) in [6.07, 6.45) is 6.60. The first-order chi connectivity index (χ1) is 7.66. The van der Waals surface area contributed by atoms with Crippen molar-refractivity contribution in [3.05, 3.63) is 0 Å². The van der Waals surface area contributed by atoms with Crippen molar-refractivity contribution in [2.24, 2.45) is 0 Å². The molecule has 0 radical (unpaired) electrons. The van der Waals surface area contributed by atoms with Gasteiger partial charge in [-0.25, -0.2) is 0 Å². The summed E-state index contributed by atoms with van der Waals surface area (Å²) in [5, 5.41) is 11.3. The van der Waals surface area contributed by atoms with Gasteiger partial charge in [0.25, 0.3) is 0 Å². The van der Waals surface area contributed by atoms with E-state index in [2.05, 4.69) is 5.32 Å². The van der Waals surface area contributed by atoms with E-state index in [4.69, 9.17) is 5.11 Å². The van der Waals surface area contributed by atoms with E-state index < -0.39 is 5.97 Å². The minimum atomic E-state index is -0.716. The third-order valence-corrected chi connectivity index (χ3v) is 2.37. The van der Waals surface area contributed by atoms with Crippen LogP contribution < -0.4 is 5.32 Å². The standard InChI is InChI=1S/C12H23NO3/c1-2-8-11(14)13-10-7-5-3-4-6-9-12(15)16/h2-10H2,1H3,(H,13,14)(H,15,16). The second-order valence-corrected chi connectivity index (χ2v) is 4.01. The fraction of sp³-hybridized carbons (Fsp3) is 0.833. The average Bonchev–Trinajstić information content (AvgIpc) is 2.22. The van der Waals surface area contributed by atoms with E-state index in [1.807, 2.05) is 6.92 Å². The molecule has 0 unspecified atom stereocenters. The van der Waals surface area contributed by atoms with Crippen molar-refractivity contribution in [2.45, 2.75) is 58.3 Å². The number of carboxylic acids is 1. The Balaban J connectivity index is 3.09. The summed E-state index contributed by atoms with van der Waals surface area (Å²) in [6.45, 7) is 2.74. The first-order valence-electron chi connectivity index (χ1n) is 6.15. The van der Waals surface area contributed by atoms with Gasteiger partial charge >= 0.3 is 5.97 Å². The van der Waals surface area contributed by atoms with Crippen LogP contribution in [0.15, 0.2) is 0 Å². The lowest BCUT2D eigenvalue weighted by atomic mass is 10.1. The average molecular weight is 229 g/mol. The zero-order valence-corrected chi connectivity index (χ0v) is 10.1. The largest absolute Gasteiger partial charge is 0.481 e. The van der Waals surface area contributed by atoms with E-state index in [0.29, 0.717) is 6.42 Å². The molecule has 1 amide bonds. The predicted molar refractivity (Wildman–Crippen MR) is 63.3 cm³/mol. The lowest BCUT2D eigenvalue weighted by Gasteiger charge is -2.03. The molecule has 0 fully saturated rings. The highest BCUT2D eigenvalue weighted by Crippen LogP contribution is 2.04. The summed E-state index contributed by atoms with van der Waals surface area (Å²) in [7, 11) is 0. The second kappa shape index (κ2) is 10.5. The SMILES string of the molecule is CCCC(=O)NCCCCCCCC(=O)O. The van der Waals surface area contributed by atoms with Crippen LogP contribution in [0.4, 0.5) is 0 Å². The van der Waals surface area contributed by atoms with E-state index in [1.165, 1.54) is 0 Å². The first-order valence-corrected chi connectivity index (χ1v) is 6.15. The van der Waals surface area contributed by atoms with Gasteiger partial charge < -0.3 is 10.4 Å². The van der Waals surface area contributed by atoms with Crippen LogP contribution in [0.25, 0.3) is 0 Å². The highest BCUT2D eigenvalue weighted by atomic mass is 16.4. The molecule has 0 saturated carbocycles. The van der Waals surface area contributed by atoms with Crippen molar-refractivity contribution in [3.63, 3.8) is 0 Å². The van der Waals surface area contributed by atoms with Gasteiger partial charge in [0.15, 0.2) is 0 Å². The van der Waals surface area contributed by atoms with Crippen LogP contribution in [0, 0.1) is 0 Å². The Bertz CT molecular complexity index is 204. The molecule has 0 bridgehead atoms. The van der Waals surface area contributed by atoms with Crippen molar-refractivity contribution in [1.29, 1.82) is 0 Å². The number of nitrogens with one attached hydrogen (secondary N) is 1. The highest BCUT2D eigenvalue weighted by Gasteiger charge is 1.98.